The van der Waals surface area contributed by atoms with E-state index >= 15 is 0 Å². The standard InChI is InChI=1S/C13H21NO/c1-4-6-11-7-8-13(15)12(9-11)14-10(3)5-2/h7-10,14-15H,4-6H2,1-3H3. The molecule has 0 aliphatic heterocycles. The second-order valence-corrected chi connectivity index (χ2v) is 4.06. The van der Waals surface area contributed by atoms with Gasteiger partial charge in [0.2, 0.25) is 0 Å². The molecule has 0 radical (unpaired) electrons. The summed E-state index contributed by atoms with van der Waals surface area (Å²) in [5, 5.41) is 13.0. The number of rotatable bonds is 5. The van der Waals surface area contributed by atoms with Crippen LogP contribution in [-0.2, 0) is 6.42 Å². The zero-order valence-electron chi connectivity index (χ0n) is 9.88. The average Bonchev–Trinajstić information content (AvgIpc) is 2.23. The quantitative estimate of drug-likeness (QED) is 0.724. The van der Waals surface area contributed by atoms with Crippen LogP contribution in [0.2, 0.25) is 0 Å². The van der Waals surface area contributed by atoms with Crippen LogP contribution in [0.4, 0.5) is 5.69 Å². The lowest BCUT2D eigenvalue weighted by Crippen LogP contribution is -2.13. The Morgan fingerprint density at radius 1 is 1.33 bits per heavy atom. The molecule has 0 amide bonds. The molecule has 0 saturated heterocycles. The topological polar surface area (TPSA) is 32.3 Å². The van der Waals surface area contributed by atoms with E-state index in [1.54, 1.807) is 6.07 Å². The van der Waals surface area contributed by atoms with E-state index in [2.05, 4.69) is 26.1 Å². The second-order valence-electron chi connectivity index (χ2n) is 4.06. The van der Waals surface area contributed by atoms with Crippen molar-refractivity contribution in [2.45, 2.75) is 46.1 Å². The summed E-state index contributed by atoms with van der Waals surface area (Å²) in [5.41, 5.74) is 2.14. The number of aryl methyl sites for hydroxylation is 1. The predicted octanol–water partition coefficient (Wildman–Crippen LogP) is 3.56. The molecule has 0 aromatic heterocycles. The molecule has 0 aliphatic carbocycles. The zero-order chi connectivity index (χ0) is 11.3. The molecule has 2 nitrogen and oxygen atoms in total. The van der Waals surface area contributed by atoms with Gasteiger partial charge in [0, 0.05) is 6.04 Å². The van der Waals surface area contributed by atoms with Crippen LogP contribution >= 0.6 is 0 Å². The molecule has 84 valence electrons. The number of phenolic OH excluding ortho intramolecular Hbond substituents is 1. The summed E-state index contributed by atoms with van der Waals surface area (Å²) in [5.74, 6) is 0.343. The second kappa shape index (κ2) is 5.64. The molecular formula is C13H21NO. The predicted molar refractivity (Wildman–Crippen MR) is 65.5 cm³/mol. The molecule has 1 aromatic carbocycles. The Balaban J connectivity index is 2.80. The number of hydrogen-bond donors (Lipinski definition) is 2. The number of nitrogens with one attached hydrogen (secondary N) is 1. The van der Waals surface area contributed by atoms with E-state index in [0.717, 1.165) is 24.9 Å². The Morgan fingerprint density at radius 3 is 2.67 bits per heavy atom. The first kappa shape index (κ1) is 11.9. The minimum atomic E-state index is 0.343. The summed E-state index contributed by atoms with van der Waals surface area (Å²) in [7, 11) is 0. The lowest BCUT2D eigenvalue weighted by Gasteiger charge is -2.15. The maximum absolute atomic E-state index is 9.69. The molecule has 1 atom stereocenters. The summed E-state index contributed by atoms with van der Waals surface area (Å²) in [6.45, 7) is 6.41. The molecule has 1 unspecified atom stereocenters. The van der Waals surface area contributed by atoms with Crippen molar-refractivity contribution in [3.8, 4) is 5.75 Å². The number of phenols is 1. The van der Waals surface area contributed by atoms with Crippen molar-refractivity contribution in [3.63, 3.8) is 0 Å². The van der Waals surface area contributed by atoms with Crippen LogP contribution < -0.4 is 5.32 Å². The molecule has 0 aliphatic rings. The Kier molecular flexibility index (Phi) is 4.47. The van der Waals surface area contributed by atoms with E-state index in [1.807, 2.05) is 12.1 Å². The molecule has 0 spiro atoms. The van der Waals surface area contributed by atoms with Gasteiger partial charge >= 0.3 is 0 Å². The van der Waals surface area contributed by atoms with Gasteiger partial charge in [0.1, 0.15) is 5.75 Å². The van der Waals surface area contributed by atoms with Crippen molar-refractivity contribution < 1.29 is 5.11 Å². The molecule has 1 aromatic rings. The van der Waals surface area contributed by atoms with Crippen molar-refractivity contribution in [3.05, 3.63) is 23.8 Å². The third kappa shape index (κ3) is 3.46. The summed E-state index contributed by atoms with van der Waals surface area (Å²) in [6.07, 6.45) is 3.25. The number of hydrogen-bond acceptors (Lipinski definition) is 2. The van der Waals surface area contributed by atoms with Crippen LogP contribution in [0.5, 0.6) is 5.75 Å². The highest BCUT2D eigenvalue weighted by Crippen LogP contribution is 2.25. The van der Waals surface area contributed by atoms with E-state index in [9.17, 15) is 5.11 Å². The van der Waals surface area contributed by atoms with Gasteiger partial charge in [-0.2, -0.15) is 0 Å². The minimum absolute atomic E-state index is 0.343. The summed E-state index contributed by atoms with van der Waals surface area (Å²) < 4.78 is 0. The average molecular weight is 207 g/mol. The van der Waals surface area contributed by atoms with Gasteiger partial charge in [-0.1, -0.05) is 26.3 Å². The lowest BCUT2D eigenvalue weighted by atomic mass is 10.1. The van der Waals surface area contributed by atoms with Gasteiger partial charge in [0.05, 0.1) is 5.69 Å². The van der Waals surface area contributed by atoms with E-state index in [-0.39, 0.29) is 0 Å². The van der Waals surface area contributed by atoms with Gasteiger partial charge in [-0.25, -0.2) is 0 Å². The Bertz CT molecular complexity index is 309. The molecule has 0 heterocycles. The molecule has 2 heteroatoms. The van der Waals surface area contributed by atoms with Gasteiger partial charge in [0.25, 0.3) is 0 Å². The summed E-state index contributed by atoms with van der Waals surface area (Å²) in [6, 6.07) is 6.20. The fraction of sp³-hybridized carbons (Fsp3) is 0.538. The molecule has 2 N–H and O–H groups in total. The normalized spacial score (nSPS) is 12.5. The van der Waals surface area contributed by atoms with Crippen LogP contribution in [0, 0.1) is 0 Å². The largest absolute Gasteiger partial charge is 0.506 e. The lowest BCUT2D eigenvalue weighted by molar-refractivity contribution is 0.476. The van der Waals surface area contributed by atoms with Crippen molar-refractivity contribution in [1.82, 2.24) is 0 Å². The highest BCUT2D eigenvalue weighted by molar-refractivity contribution is 5.57. The van der Waals surface area contributed by atoms with E-state index in [0.29, 0.717) is 11.8 Å². The fourth-order valence-corrected chi connectivity index (χ4v) is 1.51. The Labute approximate surface area is 92.3 Å². The third-order valence-corrected chi connectivity index (χ3v) is 2.61. The van der Waals surface area contributed by atoms with Crippen LogP contribution in [0.1, 0.15) is 39.2 Å². The highest BCUT2D eigenvalue weighted by Gasteiger charge is 2.05. The third-order valence-electron chi connectivity index (χ3n) is 2.61. The zero-order valence-corrected chi connectivity index (χ0v) is 9.88. The Hall–Kier alpha value is -1.18. The van der Waals surface area contributed by atoms with Gasteiger partial charge in [-0.05, 0) is 37.5 Å². The van der Waals surface area contributed by atoms with Gasteiger partial charge < -0.3 is 10.4 Å². The van der Waals surface area contributed by atoms with Crippen LogP contribution in [0.25, 0.3) is 0 Å². The maximum atomic E-state index is 9.69. The van der Waals surface area contributed by atoms with Gasteiger partial charge in [-0.15, -0.1) is 0 Å². The summed E-state index contributed by atoms with van der Waals surface area (Å²) in [4.78, 5) is 0. The molecule has 15 heavy (non-hydrogen) atoms. The fourth-order valence-electron chi connectivity index (χ4n) is 1.51. The highest BCUT2D eigenvalue weighted by atomic mass is 16.3. The minimum Gasteiger partial charge on any atom is -0.506 e. The van der Waals surface area contributed by atoms with E-state index in [1.165, 1.54) is 5.56 Å². The number of benzene rings is 1. The van der Waals surface area contributed by atoms with Crippen molar-refractivity contribution in [1.29, 1.82) is 0 Å². The van der Waals surface area contributed by atoms with Crippen molar-refractivity contribution in [2.75, 3.05) is 5.32 Å². The molecular weight excluding hydrogens is 186 g/mol. The van der Waals surface area contributed by atoms with Crippen LogP contribution in [0.3, 0.4) is 0 Å². The van der Waals surface area contributed by atoms with Crippen LogP contribution in [-0.4, -0.2) is 11.1 Å². The first-order valence-electron chi connectivity index (χ1n) is 5.75. The molecule has 0 saturated carbocycles. The molecule has 0 bridgehead atoms. The maximum Gasteiger partial charge on any atom is 0.138 e. The van der Waals surface area contributed by atoms with Gasteiger partial charge in [-0.3, -0.25) is 0 Å². The summed E-state index contributed by atoms with van der Waals surface area (Å²) >= 11 is 0. The van der Waals surface area contributed by atoms with E-state index in [4.69, 9.17) is 0 Å². The Morgan fingerprint density at radius 2 is 2.07 bits per heavy atom. The van der Waals surface area contributed by atoms with Crippen molar-refractivity contribution >= 4 is 5.69 Å². The molecule has 0 fully saturated rings. The van der Waals surface area contributed by atoms with E-state index < -0.39 is 0 Å². The SMILES string of the molecule is CCCc1ccc(O)c(NC(C)CC)c1. The molecule has 1 rings (SSSR count). The number of aromatic hydroxyl groups is 1. The first-order chi connectivity index (χ1) is 7.17. The van der Waals surface area contributed by atoms with Gasteiger partial charge in [0.15, 0.2) is 0 Å². The van der Waals surface area contributed by atoms with Crippen LogP contribution in [0.15, 0.2) is 18.2 Å². The smallest absolute Gasteiger partial charge is 0.138 e. The van der Waals surface area contributed by atoms with Crippen molar-refractivity contribution in [2.24, 2.45) is 0 Å². The number of anilines is 1. The monoisotopic (exact) mass is 207 g/mol. The first-order valence-corrected chi connectivity index (χ1v) is 5.75.